The van der Waals surface area contributed by atoms with Gasteiger partial charge < -0.3 is 14.8 Å². The quantitative estimate of drug-likeness (QED) is 0.937. The maximum absolute atomic E-state index is 13.9. The van der Waals surface area contributed by atoms with Crippen molar-refractivity contribution in [1.82, 2.24) is 5.32 Å². The van der Waals surface area contributed by atoms with E-state index in [0.717, 1.165) is 6.07 Å². The van der Waals surface area contributed by atoms with Gasteiger partial charge in [0.1, 0.15) is 11.9 Å². The molecule has 1 heterocycles. The van der Waals surface area contributed by atoms with Crippen LogP contribution >= 0.6 is 0 Å². The van der Waals surface area contributed by atoms with Crippen molar-refractivity contribution in [1.29, 1.82) is 0 Å². The van der Waals surface area contributed by atoms with Crippen LogP contribution in [0.4, 0.5) is 13.2 Å². The number of benzene rings is 2. The van der Waals surface area contributed by atoms with Gasteiger partial charge in [0.15, 0.2) is 17.7 Å². The highest BCUT2D eigenvalue weighted by Gasteiger charge is 2.29. The summed E-state index contributed by atoms with van der Waals surface area (Å²) in [6.07, 6.45) is -1.19. The van der Waals surface area contributed by atoms with Crippen LogP contribution in [0.3, 0.4) is 0 Å². The van der Waals surface area contributed by atoms with Crippen molar-refractivity contribution in [2.75, 3.05) is 19.7 Å². The average Bonchev–Trinajstić information content (AvgIpc) is 2.57. The van der Waals surface area contributed by atoms with Crippen LogP contribution in [0.25, 0.3) is 0 Å². The standard InChI is InChI=1S/C17H16F3NO2/c18-12-4-1-3-11(9-12)17(15-10-21-7-8-22-15)23-14-6-2-5-13(19)16(14)20/h1-6,9,15,17,21H,7-8,10H2. The highest BCUT2D eigenvalue weighted by molar-refractivity contribution is 5.28. The van der Waals surface area contributed by atoms with E-state index in [9.17, 15) is 13.2 Å². The van der Waals surface area contributed by atoms with Crippen LogP contribution in [0.15, 0.2) is 42.5 Å². The third kappa shape index (κ3) is 3.65. The van der Waals surface area contributed by atoms with Crippen molar-refractivity contribution >= 4 is 0 Å². The van der Waals surface area contributed by atoms with Gasteiger partial charge in [0.05, 0.1) is 6.61 Å². The number of morpholine rings is 1. The second-order valence-corrected chi connectivity index (χ2v) is 5.26. The molecule has 2 unspecified atom stereocenters. The molecule has 122 valence electrons. The number of hydrogen-bond donors (Lipinski definition) is 1. The van der Waals surface area contributed by atoms with Crippen LogP contribution in [-0.2, 0) is 4.74 Å². The molecule has 0 amide bonds. The van der Waals surface area contributed by atoms with E-state index < -0.39 is 29.7 Å². The average molecular weight is 323 g/mol. The lowest BCUT2D eigenvalue weighted by molar-refractivity contribution is -0.0444. The fourth-order valence-electron chi connectivity index (χ4n) is 2.53. The Hall–Kier alpha value is -2.05. The Kier molecular flexibility index (Phi) is 4.83. The van der Waals surface area contributed by atoms with Gasteiger partial charge in [-0.15, -0.1) is 0 Å². The molecule has 0 bridgehead atoms. The summed E-state index contributed by atoms with van der Waals surface area (Å²) in [5.74, 6) is -2.73. The van der Waals surface area contributed by atoms with E-state index in [1.165, 1.54) is 24.3 Å². The first kappa shape index (κ1) is 15.8. The molecule has 0 aromatic heterocycles. The predicted molar refractivity (Wildman–Crippen MR) is 78.7 cm³/mol. The lowest BCUT2D eigenvalue weighted by atomic mass is 10.0. The normalized spacial score (nSPS) is 19.3. The van der Waals surface area contributed by atoms with E-state index in [0.29, 0.717) is 25.3 Å². The number of nitrogens with one attached hydrogen (secondary N) is 1. The maximum Gasteiger partial charge on any atom is 0.200 e. The molecule has 1 N–H and O–H groups in total. The molecule has 23 heavy (non-hydrogen) atoms. The highest BCUT2D eigenvalue weighted by atomic mass is 19.2. The van der Waals surface area contributed by atoms with Gasteiger partial charge in [-0.1, -0.05) is 18.2 Å². The fourth-order valence-corrected chi connectivity index (χ4v) is 2.53. The number of hydrogen-bond acceptors (Lipinski definition) is 3. The number of rotatable bonds is 4. The van der Waals surface area contributed by atoms with Crippen molar-refractivity contribution in [3.05, 3.63) is 65.5 Å². The third-order valence-electron chi connectivity index (χ3n) is 3.64. The van der Waals surface area contributed by atoms with E-state index >= 15 is 0 Å². The third-order valence-corrected chi connectivity index (χ3v) is 3.64. The Morgan fingerprint density at radius 3 is 2.70 bits per heavy atom. The summed E-state index contributed by atoms with van der Waals surface area (Å²) in [4.78, 5) is 0. The number of ether oxygens (including phenoxy) is 2. The van der Waals surface area contributed by atoms with E-state index in [1.54, 1.807) is 12.1 Å². The largest absolute Gasteiger partial charge is 0.480 e. The van der Waals surface area contributed by atoms with Crippen LogP contribution in [0.1, 0.15) is 11.7 Å². The Morgan fingerprint density at radius 1 is 1.13 bits per heavy atom. The lowest BCUT2D eigenvalue weighted by Crippen LogP contribution is -2.43. The summed E-state index contributed by atoms with van der Waals surface area (Å²) in [5, 5.41) is 3.14. The van der Waals surface area contributed by atoms with Crippen LogP contribution in [0.2, 0.25) is 0 Å². The molecule has 0 aliphatic carbocycles. The zero-order valence-corrected chi connectivity index (χ0v) is 12.3. The van der Waals surface area contributed by atoms with Gasteiger partial charge in [-0.05, 0) is 29.8 Å². The molecule has 1 saturated heterocycles. The smallest absolute Gasteiger partial charge is 0.200 e. The molecule has 6 heteroatoms. The summed E-state index contributed by atoms with van der Waals surface area (Å²) in [6.45, 7) is 1.63. The summed E-state index contributed by atoms with van der Waals surface area (Å²) in [7, 11) is 0. The molecule has 2 aromatic carbocycles. The highest BCUT2D eigenvalue weighted by Crippen LogP contribution is 2.30. The Balaban J connectivity index is 1.92. The monoisotopic (exact) mass is 323 g/mol. The lowest BCUT2D eigenvalue weighted by Gasteiger charge is -2.31. The van der Waals surface area contributed by atoms with Crippen molar-refractivity contribution in [2.45, 2.75) is 12.2 Å². The summed E-state index contributed by atoms with van der Waals surface area (Å²) >= 11 is 0. The van der Waals surface area contributed by atoms with Crippen molar-refractivity contribution < 1.29 is 22.6 Å². The summed E-state index contributed by atoms with van der Waals surface area (Å²) < 4.78 is 52.1. The Morgan fingerprint density at radius 2 is 1.96 bits per heavy atom. The summed E-state index contributed by atoms with van der Waals surface area (Å²) in [5.41, 5.74) is 0.502. The molecule has 1 aliphatic rings. The molecular formula is C17H16F3NO2. The van der Waals surface area contributed by atoms with Crippen molar-refractivity contribution in [2.24, 2.45) is 0 Å². The van der Waals surface area contributed by atoms with Crippen molar-refractivity contribution in [3.63, 3.8) is 0 Å². The molecule has 1 aliphatic heterocycles. The number of halogens is 3. The second-order valence-electron chi connectivity index (χ2n) is 5.26. The van der Waals surface area contributed by atoms with Crippen LogP contribution in [0.5, 0.6) is 5.75 Å². The first-order valence-corrected chi connectivity index (χ1v) is 7.33. The van der Waals surface area contributed by atoms with Crippen LogP contribution in [-0.4, -0.2) is 25.8 Å². The van der Waals surface area contributed by atoms with Gasteiger partial charge >= 0.3 is 0 Å². The molecule has 2 atom stereocenters. The SMILES string of the molecule is Fc1cccc(C(Oc2cccc(F)c2F)C2CNCCO2)c1. The first-order chi connectivity index (χ1) is 11.1. The fraction of sp³-hybridized carbons (Fsp3) is 0.294. The van der Waals surface area contributed by atoms with Crippen molar-refractivity contribution in [3.8, 4) is 5.75 Å². The molecule has 1 fully saturated rings. The van der Waals surface area contributed by atoms with E-state index in [4.69, 9.17) is 9.47 Å². The Bertz CT molecular complexity index is 675. The second kappa shape index (κ2) is 7.02. The topological polar surface area (TPSA) is 30.5 Å². The van der Waals surface area contributed by atoms with Gasteiger partial charge in [-0.3, -0.25) is 0 Å². The molecule has 0 saturated carbocycles. The molecule has 0 spiro atoms. The maximum atomic E-state index is 13.9. The minimum absolute atomic E-state index is 0.228. The van der Waals surface area contributed by atoms with Gasteiger partial charge in [0.25, 0.3) is 0 Å². The molecule has 2 aromatic rings. The van der Waals surface area contributed by atoms with E-state index in [-0.39, 0.29) is 5.75 Å². The van der Waals surface area contributed by atoms with Crippen LogP contribution in [0, 0.1) is 17.5 Å². The molecule has 0 radical (unpaired) electrons. The summed E-state index contributed by atoms with van der Waals surface area (Å²) in [6, 6.07) is 9.53. The van der Waals surface area contributed by atoms with Gasteiger partial charge in [-0.2, -0.15) is 4.39 Å². The van der Waals surface area contributed by atoms with E-state index in [2.05, 4.69) is 5.32 Å². The minimum atomic E-state index is -1.07. The minimum Gasteiger partial charge on any atom is -0.480 e. The molecule has 3 nitrogen and oxygen atoms in total. The van der Waals surface area contributed by atoms with Crippen LogP contribution < -0.4 is 10.1 Å². The zero-order chi connectivity index (χ0) is 16.2. The van der Waals surface area contributed by atoms with Gasteiger partial charge in [0, 0.05) is 13.1 Å². The predicted octanol–water partition coefficient (Wildman–Crippen LogP) is 3.21. The molecular weight excluding hydrogens is 307 g/mol. The van der Waals surface area contributed by atoms with Gasteiger partial charge in [0.2, 0.25) is 5.82 Å². The first-order valence-electron chi connectivity index (χ1n) is 7.33. The Labute approximate surface area is 132 Å². The zero-order valence-electron chi connectivity index (χ0n) is 12.3. The molecule has 3 rings (SSSR count). The van der Waals surface area contributed by atoms with E-state index in [1.807, 2.05) is 0 Å². The van der Waals surface area contributed by atoms with Gasteiger partial charge in [-0.25, -0.2) is 8.78 Å².